The Kier molecular flexibility index (Phi) is 9.89. The Bertz CT molecular complexity index is 1890. The van der Waals surface area contributed by atoms with Crippen molar-refractivity contribution in [3.05, 3.63) is 42.5 Å². The first-order valence-corrected chi connectivity index (χ1v) is 15.6. The summed E-state index contributed by atoms with van der Waals surface area (Å²) in [5, 5.41) is 19.1. The number of hydrogen-bond donors (Lipinski definition) is 4. The first-order valence-electron chi connectivity index (χ1n) is 9.68. The molecule has 0 bridgehead atoms. The van der Waals surface area contributed by atoms with Crippen molar-refractivity contribution in [2.24, 2.45) is 10.2 Å². The summed E-state index contributed by atoms with van der Waals surface area (Å²) in [4.78, 5) is -2.08. The fourth-order valence-electron chi connectivity index (χ4n) is 3.12. The van der Waals surface area contributed by atoms with E-state index in [4.69, 9.17) is 10.3 Å². The number of rotatable bonds is 9. The SMILES string of the molecule is Nc1c(N=Nc2ccc(S(=O)(=O)CCOS(=O)(=O)O)cc2)c(S(=O)(=O)O)cc2cc(S(=O)(=O)O)cc([O-])c12.[Na+]. The van der Waals surface area contributed by atoms with Crippen molar-refractivity contribution in [2.45, 2.75) is 14.7 Å². The Labute approximate surface area is 244 Å². The molecule has 0 aliphatic carbocycles. The van der Waals surface area contributed by atoms with E-state index in [1.807, 2.05) is 0 Å². The molecule has 0 amide bonds. The standard InChI is InChI=1S/C18H17N3O13S4.Na/c19-17-16-10(7-13(9-14(16)22)36(25,26)27)8-15(37(28,29)30)18(17)21-20-11-1-3-12(4-2-11)35(23,24)6-5-34-38(31,32)33;/h1-4,7-9,22H,5-6,19H2,(H,25,26,27)(H,28,29,30)(H,31,32,33);/q;+1/p-1. The van der Waals surface area contributed by atoms with Gasteiger partial charge in [-0.15, -0.1) is 5.11 Å². The molecule has 21 heteroatoms. The average molecular weight is 634 g/mol. The zero-order chi connectivity index (χ0) is 28.7. The number of hydrogen-bond acceptors (Lipinski definition) is 13. The summed E-state index contributed by atoms with van der Waals surface area (Å²) in [5.74, 6) is -1.81. The van der Waals surface area contributed by atoms with Crippen LogP contribution in [0.5, 0.6) is 5.75 Å². The monoisotopic (exact) mass is 633 g/mol. The van der Waals surface area contributed by atoms with Gasteiger partial charge < -0.3 is 10.8 Å². The molecule has 0 heterocycles. The molecule has 3 aromatic rings. The first-order chi connectivity index (χ1) is 17.3. The van der Waals surface area contributed by atoms with Gasteiger partial charge >= 0.3 is 40.0 Å². The van der Waals surface area contributed by atoms with Crippen molar-refractivity contribution >= 4 is 68.3 Å². The number of azo groups is 1. The topological polar surface area (TPSA) is 280 Å². The minimum atomic E-state index is -5.06. The summed E-state index contributed by atoms with van der Waals surface area (Å²) in [6.45, 7) is -0.851. The predicted octanol–water partition coefficient (Wildman–Crippen LogP) is -2.00. The quantitative estimate of drug-likeness (QED) is 0.0858. The molecular weight excluding hydrogens is 617 g/mol. The van der Waals surface area contributed by atoms with Crippen LogP contribution in [0.4, 0.5) is 17.1 Å². The maximum atomic E-state index is 12.5. The Morgan fingerprint density at radius 2 is 1.41 bits per heavy atom. The molecule has 0 fully saturated rings. The molecule has 3 rings (SSSR count). The minimum Gasteiger partial charge on any atom is -0.872 e. The van der Waals surface area contributed by atoms with E-state index in [1.165, 1.54) is 0 Å². The fraction of sp³-hybridized carbons (Fsp3) is 0.111. The van der Waals surface area contributed by atoms with Crippen LogP contribution in [0.1, 0.15) is 0 Å². The summed E-state index contributed by atoms with van der Waals surface area (Å²) in [7, 11) is -18.8. The number of anilines is 1. The van der Waals surface area contributed by atoms with Crippen molar-refractivity contribution in [3.8, 4) is 5.75 Å². The molecule has 0 spiro atoms. The predicted molar refractivity (Wildman–Crippen MR) is 128 cm³/mol. The molecule has 3 aromatic carbocycles. The number of nitrogens with zero attached hydrogens (tertiary/aromatic N) is 2. The van der Waals surface area contributed by atoms with Gasteiger partial charge in [-0.05, 0) is 53.2 Å². The van der Waals surface area contributed by atoms with Gasteiger partial charge in [-0.25, -0.2) is 12.6 Å². The van der Waals surface area contributed by atoms with Crippen LogP contribution in [-0.2, 0) is 44.7 Å². The molecule has 0 aliphatic rings. The van der Waals surface area contributed by atoms with Crippen molar-refractivity contribution < 1.29 is 86.2 Å². The summed E-state index contributed by atoms with van der Waals surface area (Å²) in [6, 6.07) is 6.37. The third kappa shape index (κ3) is 8.14. The third-order valence-corrected chi connectivity index (χ3v) is 8.63. The second-order valence-electron chi connectivity index (χ2n) is 7.37. The second kappa shape index (κ2) is 11.7. The smallest absolute Gasteiger partial charge is 0.872 e. The van der Waals surface area contributed by atoms with Gasteiger partial charge in [0.05, 0.1) is 33.5 Å². The average Bonchev–Trinajstić information content (AvgIpc) is 2.76. The molecule has 39 heavy (non-hydrogen) atoms. The van der Waals surface area contributed by atoms with E-state index in [1.54, 1.807) is 0 Å². The number of fused-ring (bicyclic) bond motifs is 1. The number of nitrogens with two attached hydrogens (primary N) is 1. The van der Waals surface area contributed by atoms with Crippen molar-refractivity contribution in [1.82, 2.24) is 0 Å². The second-order valence-corrected chi connectivity index (χ2v) is 13.4. The van der Waals surface area contributed by atoms with Gasteiger partial charge in [-0.3, -0.25) is 13.7 Å². The van der Waals surface area contributed by atoms with Gasteiger partial charge in [0.15, 0.2) is 9.84 Å². The Morgan fingerprint density at radius 3 is 1.92 bits per heavy atom. The molecule has 0 atom stereocenters. The Morgan fingerprint density at radius 1 is 0.821 bits per heavy atom. The molecule has 0 saturated carbocycles. The van der Waals surface area contributed by atoms with E-state index >= 15 is 0 Å². The van der Waals surface area contributed by atoms with Crippen LogP contribution in [-0.4, -0.2) is 59.7 Å². The molecule has 206 valence electrons. The van der Waals surface area contributed by atoms with Crippen molar-refractivity contribution in [3.63, 3.8) is 0 Å². The zero-order valence-electron chi connectivity index (χ0n) is 19.5. The Hall–Kier alpha value is -2.24. The number of nitrogen functional groups attached to an aromatic ring is 1. The van der Waals surface area contributed by atoms with Gasteiger partial charge in [-0.2, -0.15) is 30.4 Å². The Balaban J connectivity index is 0.00000533. The van der Waals surface area contributed by atoms with Crippen LogP contribution in [0.3, 0.4) is 0 Å². The van der Waals surface area contributed by atoms with Crippen LogP contribution in [0.15, 0.2) is 67.4 Å². The summed E-state index contributed by atoms with van der Waals surface area (Å²) in [5.41, 5.74) is 4.57. The molecular formula is C18H16N3NaO13S4. The van der Waals surface area contributed by atoms with E-state index in [-0.39, 0.29) is 50.9 Å². The van der Waals surface area contributed by atoms with E-state index in [9.17, 15) is 47.9 Å². The van der Waals surface area contributed by atoms with E-state index < -0.39 is 79.7 Å². The molecule has 0 saturated heterocycles. The van der Waals surface area contributed by atoms with Gasteiger partial charge in [0.2, 0.25) is 0 Å². The fourth-order valence-corrected chi connectivity index (χ4v) is 5.81. The normalized spacial score (nSPS) is 13.0. The van der Waals surface area contributed by atoms with Gasteiger partial charge in [0.25, 0.3) is 20.2 Å². The van der Waals surface area contributed by atoms with Gasteiger partial charge in [0.1, 0.15) is 10.6 Å². The molecule has 0 radical (unpaired) electrons. The largest absolute Gasteiger partial charge is 1.00 e. The first kappa shape index (κ1) is 33.0. The van der Waals surface area contributed by atoms with Crippen LogP contribution in [0, 0.1) is 0 Å². The third-order valence-electron chi connectivity index (χ3n) is 4.77. The van der Waals surface area contributed by atoms with Gasteiger partial charge in [-0.1, -0.05) is 5.75 Å². The molecule has 5 N–H and O–H groups in total. The van der Waals surface area contributed by atoms with Crippen molar-refractivity contribution in [2.75, 3.05) is 18.1 Å². The van der Waals surface area contributed by atoms with Crippen LogP contribution in [0.25, 0.3) is 10.8 Å². The molecule has 0 aliphatic heterocycles. The van der Waals surface area contributed by atoms with Crippen LogP contribution in [0.2, 0.25) is 0 Å². The summed E-state index contributed by atoms with van der Waals surface area (Å²) in [6.07, 6.45) is 0. The summed E-state index contributed by atoms with van der Waals surface area (Å²) >= 11 is 0. The molecule has 0 aromatic heterocycles. The van der Waals surface area contributed by atoms with Crippen LogP contribution < -0.4 is 40.4 Å². The van der Waals surface area contributed by atoms with Gasteiger partial charge in [0, 0.05) is 0 Å². The summed E-state index contributed by atoms with van der Waals surface area (Å²) < 4.78 is 124. The molecule has 0 unspecified atom stereocenters. The molecule has 16 nitrogen and oxygen atoms in total. The number of sulfone groups is 1. The maximum Gasteiger partial charge on any atom is 1.00 e. The minimum absolute atomic E-state index is 0. The van der Waals surface area contributed by atoms with Crippen molar-refractivity contribution in [1.29, 1.82) is 0 Å². The van der Waals surface area contributed by atoms with E-state index in [2.05, 4.69) is 14.4 Å². The maximum absolute atomic E-state index is 12.5. The number of benzene rings is 3. The van der Waals surface area contributed by atoms with Crippen LogP contribution >= 0.6 is 0 Å². The van der Waals surface area contributed by atoms with E-state index in [0.717, 1.165) is 30.3 Å². The van der Waals surface area contributed by atoms with E-state index in [0.29, 0.717) is 12.1 Å². The zero-order valence-corrected chi connectivity index (χ0v) is 24.8.